The fraction of sp³-hybridized carbons (Fsp3) is 0.875. The van der Waals surface area contributed by atoms with Crippen LogP contribution in [0.4, 0.5) is 0 Å². The van der Waals surface area contributed by atoms with Crippen LogP contribution in [0, 0.1) is 5.41 Å². The van der Waals surface area contributed by atoms with Crippen molar-refractivity contribution in [2.45, 2.75) is 33.2 Å². The molecule has 5 nitrogen and oxygen atoms in total. The smallest absolute Gasteiger partial charge is 0.465 e. The number of rotatable bonds is 7. The van der Waals surface area contributed by atoms with E-state index in [4.69, 9.17) is 9.03 Å². The van der Waals surface area contributed by atoms with Crippen molar-refractivity contribution in [3.05, 3.63) is 0 Å². The van der Waals surface area contributed by atoms with Crippen LogP contribution in [-0.2, 0) is 9.53 Å². The van der Waals surface area contributed by atoms with E-state index in [1.54, 1.807) is 20.8 Å². The molecule has 3 N–H and O–H groups in total. The summed E-state index contributed by atoms with van der Waals surface area (Å²) in [5.74, 6) is -0.338. The van der Waals surface area contributed by atoms with Crippen molar-refractivity contribution in [2.75, 3.05) is 6.61 Å². The third-order valence-corrected chi connectivity index (χ3v) is 2.44. The Bertz CT molecular complexity index is 234. The van der Waals surface area contributed by atoms with Crippen molar-refractivity contribution in [3.8, 4) is 0 Å². The minimum Gasteiger partial charge on any atom is -0.465 e. The van der Waals surface area contributed by atoms with Gasteiger partial charge in [-0.2, -0.15) is 0 Å². The van der Waals surface area contributed by atoms with Gasteiger partial charge in [-0.1, -0.05) is 0 Å². The quantitative estimate of drug-likeness (QED) is 0.321. The van der Waals surface area contributed by atoms with E-state index < -0.39 is 14.2 Å². The number of carbonyl (C=O) groups excluding carboxylic acids is 1. The van der Waals surface area contributed by atoms with Crippen molar-refractivity contribution >= 4 is 14.8 Å². The topological polar surface area (TPSA) is 87.0 Å². The van der Waals surface area contributed by atoms with Gasteiger partial charge >= 0.3 is 14.8 Å². The number of hydrogen-bond donors (Lipinski definition) is 3. The molecule has 0 spiro atoms. The van der Waals surface area contributed by atoms with Gasteiger partial charge in [0.2, 0.25) is 0 Å². The van der Waals surface area contributed by atoms with E-state index in [0.717, 1.165) is 0 Å². The summed E-state index contributed by atoms with van der Waals surface area (Å²) >= 11 is 0. The maximum Gasteiger partial charge on any atom is 0.492 e. The van der Waals surface area contributed by atoms with E-state index in [2.05, 4.69) is 14.4 Å². The van der Waals surface area contributed by atoms with E-state index in [-0.39, 0.29) is 18.6 Å². The molecule has 0 bridgehead atoms. The molecule has 0 aliphatic carbocycles. The summed E-state index contributed by atoms with van der Waals surface area (Å²) in [6.45, 7) is 5.32. The molecule has 14 heavy (non-hydrogen) atoms. The molecule has 0 aliphatic rings. The molecule has 0 radical (unpaired) electrons. The van der Waals surface area contributed by atoms with E-state index >= 15 is 0 Å². The summed E-state index contributed by atoms with van der Waals surface area (Å²) in [5, 5.41) is 0. The van der Waals surface area contributed by atoms with Gasteiger partial charge in [0.25, 0.3) is 0 Å². The van der Waals surface area contributed by atoms with Crippen molar-refractivity contribution in [2.24, 2.45) is 5.41 Å². The molecule has 0 aromatic rings. The normalized spacial score (nSPS) is 15.5. The summed E-state index contributed by atoms with van der Waals surface area (Å²) in [6.07, 6.45) is 0.310. The van der Waals surface area contributed by atoms with Gasteiger partial charge < -0.3 is 19.1 Å². The van der Waals surface area contributed by atoms with Gasteiger partial charge in [0, 0.05) is 6.04 Å². The SMILES string of the molecule is [3H]O[Si](CCCOC(=O)C(C)(C)C)(O[3H])O[3H]. The van der Waals surface area contributed by atoms with Crippen LogP contribution in [0.5, 0.6) is 0 Å². The molecule has 0 unspecified atom stereocenters. The molecular weight excluding hydrogens is 204 g/mol. The van der Waals surface area contributed by atoms with Crippen molar-refractivity contribution in [3.63, 3.8) is 0 Å². The average molecular weight is 228 g/mol. The summed E-state index contributed by atoms with van der Waals surface area (Å²) in [6, 6.07) is 0.0704. The molecule has 0 amide bonds. The van der Waals surface area contributed by atoms with Crippen LogP contribution in [0.3, 0.4) is 0 Å². The van der Waals surface area contributed by atoms with E-state index in [9.17, 15) is 4.79 Å². The van der Waals surface area contributed by atoms with Gasteiger partial charge in [0.1, 0.15) is 0 Å². The minimum absolute atomic E-state index is 0.0704. The molecule has 0 saturated heterocycles. The van der Waals surface area contributed by atoms with Crippen molar-refractivity contribution < 1.29 is 23.9 Å². The fourth-order valence-electron chi connectivity index (χ4n) is 0.670. The van der Waals surface area contributed by atoms with Gasteiger partial charge in [0.05, 0.1) is 12.0 Å². The lowest BCUT2D eigenvalue weighted by molar-refractivity contribution is -0.152. The zero-order valence-electron chi connectivity index (χ0n) is 11.7. The molecule has 0 aromatic heterocycles. The number of ether oxygens (including phenoxy) is 1. The van der Waals surface area contributed by atoms with E-state index in [1.807, 2.05) is 0 Å². The summed E-state index contributed by atoms with van der Waals surface area (Å²) in [4.78, 5) is 23.8. The first kappa shape index (κ1) is 8.84. The largest absolute Gasteiger partial charge is 0.492 e. The number of esters is 1. The summed E-state index contributed by atoms with van der Waals surface area (Å²) < 4.78 is 25.0. The van der Waals surface area contributed by atoms with E-state index in [0.29, 0.717) is 6.42 Å². The van der Waals surface area contributed by atoms with Crippen LogP contribution in [0.1, 0.15) is 27.2 Å². The van der Waals surface area contributed by atoms with Crippen LogP contribution < -0.4 is 0 Å². The Balaban J connectivity index is 3.96. The van der Waals surface area contributed by atoms with Gasteiger partial charge in [-0.3, -0.25) is 4.79 Å². The fourth-order valence-corrected chi connectivity index (χ4v) is 1.25. The second-order valence-corrected chi connectivity index (χ2v) is 6.04. The summed E-state index contributed by atoms with van der Waals surface area (Å²) in [7, 11) is -3.53. The Kier molecular flexibility index (Phi) is 3.08. The third kappa shape index (κ3) is 7.02. The molecule has 0 heterocycles. The highest BCUT2D eigenvalue weighted by Gasteiger charge is 2.27. The van der Waals surface area contributed by atoms with Gasteiger partial charge in [-0.15, -0.1) is 0 Å². The van der Waals surface area contributed by atoms with Gasteiger partial charge in [-0.05, 0) is 27.2 Å². The third-order valence-electron chi connectivity index (χ3n) is 1.47. The summed E-state index contributed by atoms with van der Waals surface area (Å²) in [5.41, 5.74) is -0.571. The Morgan fingerprint density at radius 1 is 1.43 bits per heavy atom. The highest BCUT2D eigenvalue weighted by molar-refractivity contribution is 6.56. The minimum atomic E-state index is -3.53. The maximum absolute atomic E-state index is 11.4. The van der Waals surface area contributed by atoms with Crippen molar-refractivity contribution in [1.82, 2.24) is 0 Å². The van der Waals surface area contributed by atoms with Gasteiger partial charge in [-0.25, -0.2) is 0 Å². The average Bonchev–Trinajstić information content (AvgIpc) is 2.29. The van der Waals surface area contributed by atoms with Crippen LogP contribution in [0.2, 0.25) is 6.04 Å². The molecule has 0 aliphatic heterocycles. The Morgan fingerprint density at radius 2 is 2.00 bits per heavy atom. The second kappa shape index (κ2) is 4.88. The predicted octanol–water partition coefficient (Wildman–Crippen LogP) is -0.118. The first-order chi connectivity index (χ1) is 7.81. The molecule has 0 fully saturated rings. The van der Waals surface area contributed by atoms with Gasteiger partial charge in [0.15, 0.2) is 4.29 Å². The molecule has 84 valence electrons. The lowest BCUT2D eigenvalue weighted by Crippen LogP contribution is -2.34. The van der Waals surface area contributed by atoms with Crippen LogP contribution >= 0.6 is 0 Å². The van der Waals surface area contributed by atoms with Crippen LogP contribution in [0.15, 0.2) is 0 Å². The zero-order chi connectivity index (χ0) is 13.5. The highest BCUT2D eigenvalue weighted by atomic mass is 28.4. The standard InChI is InChI=1S/C8H18O5Si/c1-8(2,3)7(9)13-5-4-6-14(10,11)12/h10-12H,4-6H2,1-3H3/i10T,11T,12T. The van der Waals surface area contributed by atoms with Crippen molar-refractivity contribution in [1.29, 1.82) is 4.29 Å². The predicted molar refractivity (Wildman–Crippen MR) is 52.2 cm³/mol. The molecule has 0 saturated carbocycles. The zero-order valence-corrected chi connectivity index (χ0v) is 9.66. The monoisotopic (exact) mass is 228 g/mol. The molecular formula is C8H18O5Si. The Labute approximate surface area is 89.2 Å². The van der Waals surface area contributed by atoms with Crippen LogP contribution in [0.25, 0.3) is 0 Å². The highest BCUT2D eigenvalue weighted by Crippen LogP contribution is 2.15. The van der Waals surface area contributed by atoms with E-state index in [1.165, 1.54) is 0 Å². The Hall–Kier alpha value is -0.433. The Morgan fingerprint density at radius 3 is 2.43 bits per heavy atom. The maximum atomic E-state index is 11.4. The molecule has 0 rings (SSSR count). The molecule has 0 atom stereocenters. The molecule has 0 aromatic carbocycles. The first-order valence-electron chi connectivity index (χ1n) is 5.64. The lowest BCUT2D eigenvalue weighted by atomic mass is 9.97. The first-order valence-corrected chi connectivity index (χ1v) is 6.34. The second-order valence-electron chi connectivity index (χ2n) is 4.17. The number of hydrogen-bond acceptors (Lipinski definition) is 5. The molecule has 6 heteroatoms. The number of carbonyl (C=O) groups is 1. The lowest BCUT2D eigenvalue weighted by Gasteiger charge is -2.16. The van der Waals surface area contributed by atoms with Crippen LogP contribution in [-0.4, -0.2) is 40.1 Å².